The molecule has 0 saturated carbocycles. The van der Waals surface area contributed by atoms with Gasteiger partial charge in [0.1, 0.15) is 0 Å². The molecular formula is C5H9ClN2O. The number of amidine groups is 1. The van der Waals surface area contributed by atoms with E-state index in [0.29, 0.717) is 12.6 Å². The van der Waals surface area contributed by atoms with E-state index in [1.807, 2.05) is 6.92 Å². The SMILES string of the molecule is CCOC1=NCCN1Cl. The zero-order valence-electron chi connectivity index (χ0n) is 5.30. The van der Waals surface area contributed by atoms with E-state index in [4.69, 9.17) is 16.5 Å². The van der Waals surface area contributed by atoms with Crippen molar-refractivity contribution in [1.82, 2.24) is 4.42 Å². The molecule has 9 heavy (non-hydrogen) atoms. The van der Waals surface area contributed by atoms with E-state index in [9.17, 15) is 0 Å². The van der Waals surface area contributed by atoms with Crippen LogP contribution in [0, 0.1) is 0 Å². The predicted molar refractivity (Wildman–Crippen MR) is 36.5 cm³/mol. The molecule has 0 radical (unpaired) electrons. The van der Waals surface area contributed by atoms with Crippen LogP contribution < -0.4 is 0 Å². The number of nitrogens with zero attached hydrogens (tertiary/aromatic N) is 2. The van der Waals surface area contributed by atoms with Gasteiger partial charge in [0, 0.05) is 11.8 Å². The second-order valence-electron chi connectivity index (χ2n) is 1.68. The van der Waals surface area contributed by atoms with E-state index in [1.54, 1.807) is 0 Å². The number of ether oxygens (including phenoxy) is 1. The van der Waals surface area contributed by atoms with Crippen LogP contribution in [0.2, 0.25) is 0 Å². The first-order valence-electron chi connectivity index (χ1n) is 2.95. The van der Waals surface area contributed by atoms with Crippen molar-refractivity contribution in [3.05, 3.63) is 0 Å². The Hall–Kier alpha value is -0.440. The van der Waals surface area contributed by atoms with Crippen LogP contribution >= 0.6 is 11.8 Å². The minimum atomic E-state index is 0.555. The minimum absolute atomic E-state index is 0.555. The van der Waals surface area contributed by atoms with Crippen LogP contribution in [0.4, 0.5) is 0 Å². The maximum absolute atomic E-state index is 5.63. The lowest BCUT2D eigenvalue weighted by Gasteiger charge is -2.08. The molecule has 0 amide bonds. The number of aliphatic imine (C=N–C) groups is 1. The summed E-state index contributed by atoms with van der Waals surface area (Å²) in [7, 11) is 0. The van der Waals surface area contributed by atoms with Gasteiger partial charge < -0.3 is 4.74 Å². The van der Waals surface area contributed by atoms with Crippen molar-refractivity contribution in [2.75, 3.05) is 19.7 Å². The Kier molecular flexibility index (Phi) is 2.16. The van der Waals surface area contributed by atoms with Gasteiger partial charge >= 0.3 is 6.02 Å². The summed E-state index contributed by atoms with van der Waals surface area (Å²) in [6, 6.07) is 0.555. The lowest BCUT2D eigenvalue weighted by atomic mass is 10.7. The average Bonchev–Trinajstić information content (AvgIpc) is 2.18. The lowest BCUT2D eigenvalue weighted by Crippen LogP contribution is -2.19. The lowest BCUT2D eigenvalue weighted by molar-refractivity contribution is 0.295. The average molecular weight is 149 g/mol. The summed E-state index contributed by atoms with van der Waals surface area (Å²) in [6.07, 6.45) is 0. The highest BCUT2D eigenvalue weighted by molar-refractivity contribution is 6.21. The Morgan fingerprint density at radius 3 is 3.11 bits per heavy atom. The molecule has 0 spiro atoms. The summed E-state index contributed by atoms with van der Waals surface area (Å²) in [5.74, 6) is 0. The molecule has 0 saturated heterocycles. The Morgan fingerprint density at radius 2 is 2.67 bits per heavy atom. The van der Waals surface area contributed by atoms with Crippen molar-refractivity contribution < 1.29 is 4.74 Å². The zero-order chi connectivity index (χ0) is 6.69. The largest absolute Gasteiger partial charge is 0.465 e. The van der Waals surface area contributed by atoms with Crippen LogP contribution in [0.5, 0.6) is 0 Å². The second kappa shape index (κ2) is 2.92. The molecule has 0 fully saturated rings. The van der Waals surface area contributed by atoms with Crippen molar-refractivity contribution in [2.24, 2.45) is 4.99 Å². The van der Waals surface area contributed by atoms with Crippen molar-refractivity contribution in [2.45, 2.75) is 6.92 Å². The van der Waals surface area contributed by atoms with E-state index < -0.39 is 0 Å². The zero-order valence-corrected chi connectivity index (χ0v) is 6.06. The van der Waals surface area contributed by atoms with Crippen molar-refractivity contribution >= 4 is 17.8 Å². The van der Waals surface area contributed by atoms with Gasteiger partial charge in [0.2, 0.25) is 0 Å². The van der Waals surface area contributed by atoms with Crippen molar-refractivity contribution in [1.29, 1.82) is 0 Å². The first-order chi connectivity index (χ1) is 4.34. The Bertz CT molecular complexity index is 126. The molecular weight excluding hydrogens is 140 g/mol. The highest BCUT2D eigenvalue weighted by atomic mass is 35.5. The number of hydrogen-bond donors (Lipinski definition) is 0. The molecule has 0 aromatic heterocycles. The van der Waals surface area contributed by atoms with E-state index in [1.165, 1.54) is 4.42 Å². The number of rotatable bonds is 1. The van der Waals surface area contributed by atoms with E-state index in [-0.39, 0.29) is 0 Å². The fourth-order valence-corrected chi connectivity index (χ4v) is 0.828. The molecule has 0 unspecified atom stereocenters. The van der Waals surface area contributed by atoms with Gasteiger partial charge in [0.05, 0.1) is 19.7 Å². The molecule has 0 aromatic rings. The smallest absolute Gasteiger partial charge is 0.302 e. The highest BCUT2D eigenvalue weighted by Crippen LogP contribution is 2.04. The van der Waals surface area contributed by atoms with Crippen LogP contribution in [0.25, 0.3) is 0 Å². The molecule has 0 atom stereocenters. The summed E-state index contributed by atoms with van der Waals surface area (Å²) >= 11 is 5.63. The Labute approximate surface area is 59.4 Å². The summed E-state index contributed by atoms with van der Waals surface area (Å²) in [6.45, 7) is 4.04. The molecule has 1 heterocycles. The number of hydrogen-bond acceptors (Lipinski definition) is 3. The van der Waals surface area contributed by atoms with E-state index >= 15 is 0 Å². The molecule has 0 aliphatic carbocycles. The highest BCUT2D eigenvalue weighted by Gasteiger charge is 2.14. The summed E-state index contributed by atoms with van der Waals surface area (Å²) in [5, 5.41) is 0. The van der Waals surface area contributed by atoms with Crippen LogP contribution in [-0.4, -0.2) is 30.1 Å². The van der Waals surface area contributed by atoms with Crippen LogP contribution in [0.1, 0.15) is 6.92 Å². The van der Waals surface area contributed by atoms with Gasteiger partial charge in [-0.3, -0.25) is 0 Å². The molecule has 0 N–H and O–H groups in total. The summed E-state index contributed by atoms with van der Waals surface area (Å²) < 4.78 is 6.55. The third-order valence-corrected chi connectivity index (χ3v) is 1.34. The molecule has 52 valence electrons. The van der Waals surface area contributed by atoms with Gasteiger partial charge in [-0.25, -0.2) is 9.41 Å². The third kappa shape index (κ3) is 1.48. The Morgan fingerprint density at radius 1 is 1.89 bits per heavy atom. The second-order valence-corrected chi connectivity index (χ2v) is 2.09. The minimum Gasteiger partial charge on any atom is -0.465 e. The van der Waals surface area contributed by atoms with Gasteiger partial charge in [-0.15, -0.1) is 0 Å². The molecule has 0 bridgehead atoms. The van der Waals surface area contributed by atoms with Crippen molar-refractivity contribution in [3.8, 4) is 0 Å². The fourth-order valence-electron chi connectivity index (χ4n) is 0.651. The molecule has 1 aliphatic rings. The van der Waals surface area contributed by atoms with Crippen molar-refractivity contribution in [3.63, 3.8) is 0 Å². The van der Waals surface area contributed by atoms with Crippen LogP contribution in [0.15, 0.2) is 4.99 Å². The predicted octanol–water partition coefficient (Wildman–Crippen LogP) is 0.848. The standard InChI is InChI=1S/C5H9ClN2O/c1-2-9-5-7-3-4-8(5)6/h2-4H2,1H3. The van der Waals surface area contributed by atoms with Gasteiger partial charge in [-0.05, 0) is 6.92 Å². The monoisotopic (exact) mass is 148 g/mol. The van der Waals surface area contributed by atoms with E-state index in [0.717, 1.165) is 13.1 Å². The van der Waals surface area contributed by atoms with Gasteiger partial charge in [0.15, 0.2) is 0 Å². The van der Waals surface area contributed by atoms with Gasteiger partial charge in [0.25, 0.3) is 0 Å². The first kappa shape index (κ1) is 6.68. The molecule has 1 aliphatic heterocycles. The summed E-state index contributed by atoms with van der Waals surface area (Å²) in [5.41, 5.74) is 0. The number of halogens is 1. The maximum atomic E-state index is 5.63. The fraction of sp³-hybridized carbons (Fsp3) is 0.800. The normalized spacial score (nSPS) is 18.0. The molecule has 4 heteroatoms. The van der Waals surface area contributed by atoms with Crippen LogP contribution in [-0.2, 0) is 4.74 Å². The van der Waals surface area contributed by atoms with Gasteiger partial charge in [-0.1, -0.05) is 0 Å². The quantitative estimate of drug-likeness (QED) is 0.515. The third-order valence-electron chi connectivity index (χ3n) is 1.02. The molecule has 0 aromatic carbocycles. The maximum Gasteiger partial charge on any atom is 0.302 e. The molecule has 1 rings (SSSR count). The first-order valence-corrected chi connectivity index (χ1v) is 3.29. The Balaban J connectivity index is 2.38. The van der Waals surface area contributed by atoms with E-state index in [2.05, 4.69) is 4.99 Å². The topological polar surface area (TPSA) is 24.8 Å². The van der Waals surface area contributed by atoms with Gasteiger partial charge in [-0.2, -0.15) is 0 Å². The van der Waals surface area contributed by atoms with Crippen LogP contribution in [0.3, 0.4) is 0 Å². The molecule has 3 nitrogen and oxygen atoms in total. The summed E-state index contributed by atoms with van der Waals surface area (Å²) in [4.78, 5) is 3.99.